The quantitative estimate of drug-likeness (QED) is 0.244. The van der Waals surface area contributed by atoms with E-state index in [1.54, 1.807) is 0 Å². The first-order valence-corrected chi connectivity index (χ1v) is 5.36. The summed E-state index contributed by atoms with van der Waals surface area (Å²) in [6, 6.07) is 0. The van der Waals surface area contributed by atoms with Gasteiger partial charge in [-0.25, -0.2) is 16.8 Å². The average Bonchev–Trinajstić information content (AvgIpc) is 1.77. The minimum absolute atomic E-state index is 0. The van der Waals surface area contributed by atoms with E-state index in [0.29, 0.717) is 0 Å². The molecule has 0 spiro atoms. The van der Waals surface area contributed by atoms with Crippen LogP contribution in [0.5, 0.6) is 0 Å². The van der Waals surface area contributed by atoms with Crippen LogP contribution in [0.1, 0.15) is 0 Å². The summed E-state index contributed by atoms with van der Waals surface area (Å²) >= 11 is 0. The van der Waals surface area contributed by atoms with E-state index in [4.69, 9.17) is 25.9 Å². The maximum absolute atomic E-state index is 10.7. The zero-order valence-electron chi connectivity index (χ0n) is 6.84. The van der Waals surface area contributed by atoms with Crippen molar-refractivity contribution in [1.29, 1.82) is 0 Å². The molecule has 0 heterocycles. The summed E-state index contributed by atoms with van der Waals surface area (Å²) < 4.78 is 118. The van der Waals surface area contributed by atoms with E-state index < -0.39 is 31.3 Å². The van der Waals surface area contributed by atoms with Gasteiger partial charge in [0.1, 0.15) is 0 Å². The van der Waals surface area contributed by atoms with Crippen molar-refractivity contribution in [3.8, 4) is 0 Å². The first-order chi connectivity index (χ1) is 6.50. The standard InChI is InChI=1S/2CHF3O3S.Ag/c2*2-1(3,4)8(5,6)7;/h2*(H,5,6,7);/p-2. The van der Waals surface area contributed by atoms with Crippen molar-refractivity contribution < 1.29 is 74.7 Å². The largest absolute Gasteiger partial charge is 0.741 e. The number of alkyl halides is 6. The zero-order valence-corrected chi connectivity index (χ0v) is 9.95. The SMILES string of the molecule is O=S(=O)([O-])C(F)(F)F.O=S(=O)([O-])C(F)(F)F.[Ag]. The molecular formula is C2AgF6O6S2-2. The van der Waals surface area contributed by atoms with E-state index in [9.17, 15) is 26.3 Å². The van der Waals surface area contributed by atoms with Gasteiger partial charge in [0.2, 0.25) is 0 Å². The Hall–Kier alpha value is 0.140. The van der Waals surface area contributed by atoms with Gasteiger partial charge in [0, 0.05) is 22.4 Å². The van der Waals surface area contributed by atoms with Gasteiger partial charge in [-0.3, -0.25) is 0 Å². The van der Waals surface area contributed by atoms with Crippen LogP contribution >= 0.6 is 0 Å². The van der Waals surface area contributed by atoms with Crippen LogP contribution in [0.3, 0.4) is 0 Å². The molecule has 0 aromatic rings. The van der Waals surface area contributed by atoms with Crippen LogP contribution in [0.25, 0.3) is 0 Å². The number of hydrogen-bond acceptors (Lipinski definition) is 6. The summed E-state index contributed by atoms with van der Waals surface area (Å²) in [5.41, 5.74) is -11.3. The average molecular weight is 406 g/mol. The third-order valence-electron chi connectivity index (χ3n) is 0.567. The molecule has 0 unspecified atom stereocenters. The Morgan fingerprint density at radius 2 is 0.706 bits per heavy atom. The maximum atomic E-state index is 10.7. The third-order valence-corrected chi connectivity index (χ3v) is 1.70. The molecule has 0 aliphatic carbocycles. The summed E-state index contributed by atoms with van der Waals surface area (Å²) in [5.74, 6) is 0. The monoisotopic (exact) mass is 405 g/mol. The van der Waals surface area contributed by atoms with Crippen LogP contribution in [0.2, 0.25) is 0 Å². The smallest absolute Gasteiger partial charge is 0.485 e. The van der Waals surface area contributed by atoms with Gasteiger partial charge in [0.05, 0.1) is 0 Å². The first-order valence-electron chi connectivity index (χ1n) is 2.54. The van der Waals surface area contributed by atoms with Gasteiger partial charge in [0.25, 0.3) is 0 Å². The van der Waals surface area contributed by atoms with Gasteiger partial charge in [-0.15, -0.1) is 0 Å². The molecule has 6 nitrogen and oxygen atoms in total. The Balaban J connectivity index is -0.000000218. The third kappa shape index (κ3) is 9.81. The molecule has 15 heteroatoms. The Bertz CT molecular complexity index is 374. The van der Waals surface area contributed by atoms with E-state index in [2.05, 4.69) is 0 Å². The summed E-state index contributed by atoms with van der Waals surface area (Å²) in [5, 5.41) is 0. The van der Waals surface area contributed by atoms with Crippen LogP contribution in [0.4, 0.5) is 26.3 Å². The van der Waals surface area contributed by atoms with Gasteiger partial charge < -0.3 is 9.11 Å². The molecule has 0 saturated carbocycles. The summed E-state index contributed by atoms with van der Waals surface area (Å²) in [7, 11) is -12.2. The Morgan fingerprint density at radius 3 is 0.706 bits per heavy atom. The summed E-state index contributed by atoms with van der Waals surface area (Å²) in [6.07, 6.45) is 0. The molecular weight excluding hydrogens is 406 g/mol. The Labute approximate surface area is 106 Å². The molecule has 111 valence electrons. The van der Waals surface area contributed by atoms with E-state index >= 15 is 0 Å². The molecule has 0 atom stereocenters. The van der Waals surface area contributed by atoms with Gasteiger partial charge in [-0.05, 0) is 0 Å². The molecule has 0 bridgehead atoms. The fourth-order valence-electron chi connectivity index (χ4n) is 0. The van der Waals surface area contributed by atoms with Crippen molar-refractivity contribution in [3.63, 3.8) is 0 Å². The number of hydrogen-bond donors (Lipinski definition) is 0. The summed E-state index contributed by atoms with van der Waals surface area (Å²) in [6.45, 7) is 0. The van der Waals surface area contributed by atoms with Crippen LogP contribution in [0, 0.1) is 0 Å². The minimum atomic E-state index is -6.09. The van der Waals surface area contributed by atoms with Crippen LogP contribution in [-0.2, 0) is 42.6 Å². The molecule has 1 radical (unpaired) electrons. The van der Waals surface area contributed by atoms with Gasteiger partial charge in [0.15, 0.2) is 20.2 Å². The second-order valence-electron chi connectivity index (χ2n) is 1.80. The second-order valence-corrected chi connectivity index (χ2v) is 4.54. The molecule has 0 saturated heterocycles. The molecule has 0 rings (SSSR count). The second kappa shape index (κ2) is 6.35. The molecule has 17 heavy (non-hydrogen) atoms. The van der Waals surface area contributed by atoms with E-state index in [0.717, 1.165) is 0 Å². The Kier molecular flexibility index (Phi) is 8.34. The van der Waals surface area contributed by atoms with Crippen LogP contribution in [0.15, 0.2) is 0 Å². The van der Waals surface area contributed by atoms with Gasteiger partial charge in [-0.2, -0.15) is 26.3 Å². The summed E-state index contributed by atoms with van der Waals surface area (Å²) in [4.78, 5) is 0. The molecule has 0 aliphatic heterocycles. The normalized spacial score (nSPS) is 13.2. The fourth-order valence-corrected chi connectivity index (χ4v) is 0. The van der Waals surface area contributed by atoms with Crippen molar-refractivity contribution >= 4 is 20.2 Å². The molecule has 0 aromatic carbocycles. The van der Waals surface area contributed by atoms with Gasteiger partial charge >= 0.3 is 11.0 Å². The molecule has 0 aromatic heterocycles. The van der Waals surface area contributed by atoms with Crippen molar-refractivity contribution in [2.75, 3.05) is 0 Å². The van der Waals surface area contributed by atoms with Crippen molar-refractivity contribution in [1.82, 2.24) is 0 Å². The number of halogens is 6. The van der Waals surface area contributed by atoms with E-state index in [1.807, 2.05) is 0 Å². The molecule has 0 aliphatic rings. The van der Waals surface area contributed by atoms with Crippen molar-refractivity contribution in [3.05, 3.63) is 0 Å². The topological polar surface area (TPSA) is 114 Å². The van der Waals surface area contributed by atoms with Crippen LogP contribution in [-0.4, -0.2) is 37.0 Å². The predicted octanol–water partition coefficient (Wildman–Crippen LogP) is 0.100. The van der Waals surface area contributed by atoms with Crippen LogP contribution < -0.4 is 0 Å². The molecule has 0 fully saturated rings. The molecule has 0 amide bonds. The number of rotatable bonds is 0. The Morgan fingerprint density at radius 1 is 0.647 bits per heavy atom. The molecule has 0 N–H and O–H groups in total. The van der Waals surface area contributed by atoms with E-state index in [1.165, 1.54) is 0 Å². The minimum Gasteiger partial charge on any atom is -0.741 e. The van der Waals surface area contributed by atoms with E-state index in [-0.39, 0.29) is 22.4 Å². The van der Waals surface area contributed by atoms with Gasteiger partial charge in [-0.1, -0.05) is 0 Å². The zero-order chi connectivity index (χ0) is 14.0. The van der Waals surface area contributed by atoms with Crippen molar-refractivity contribution in [2.45, 2.75) is 11.0 Å². The first kappa shape index (κ1) is 22.3. The predicted molar refractivity (Wildman–Crippen MR) is 31.5 cm³/mol. The van der Waals surface area contributed by atoms with Crippen molar-refractivity contribution in [2.24, 2.45) is 0 Å². The maximum Gasteiger partial charge on any atom is 0.485 e. The fraction of sp³-hybridized carbons (Fsp3) is 1.00.